The van der Waals surface area contributed by atoms with Crippen LogP contribution in [-0.4, -0.2) is 25.8 Å². The number of benzene rings is 1. The molecule has 1 aromatic heterocycles. The van der Waals surface area contributed by atoms with E-state index in [1.54, 1.807) is 11.3 Å². The van der Waals surface area contributed by atoms with Crippen molar-refractivity contribution in [3.8, 4) is 0 Å². The number of hydrogen-bond acceptors (Lipinski definition) is 2. The summed E-state index contributed by atoms with van der Waals surface area (Å²) in [5, 5.41) is 9.50. The van der Waals surface area contributed by atoms with Gasteiger partial charge in [-0.25, -0.2) is 0 Å². The van der Waals surface area contributed by atoms with Crippen LogP contribution >= 0.6 is 23.6 Å². The van der Waals surface area contributed by atoms with E-state index in [9.17, 15) is 0 Å². The number of nitrogens with one attached hydrogen (secondary N) is 3. The lowest BCUT2D eigenvalue weighted by Crippen LogP contribution is -3.06. The average molecular weight is 335 g/mol. The van der Waals surface area contributed by atoms with Crippen molar-refractivity contribution in [1.82, 2.24) is 5.32 Å². The molecule has 1 heterocycles. The number of para-hydroxylation sites is 1. The van der Waals surface area contributed by atoms with Crippen LogP contribution in [0.4, 0.5) is 5.69 Å². The van der Waals surface area contributed by atoms with Gasteiger partial charge in [-0.3, -0.25) is 0 Å². The second kappa shape index (κ2) is 7.72. The van der Waals surface area contributed by atoms with Gasteiger partial charge in [0.1, 0.15) is 6.04 Å². The number of quaternary nitrogens is 1. The molecule has 22 heavy (non-hydrogen) atoms. The molecule has 0 saturated carbocycles. The molecule has 0 aliphatic carbocycles. The Bertz CT molecular complexity index is 601. The number of thiocarbonyl (C=S) groups is 1. The summed E-state index contributed by atoms with van der Waals surface area (Å²) in [6, 6.07) is 10.9. The average Bonchev–Trinajstić information content (AvgIpc) is 2.97. The summed E-state index contributed by atoms with van der Waals surface area (Å²) in [7, 11) is 4.35. The highest BCUT2D eigenvalue weighted by molar-refractivity contribution is 7.80. The van der Waals surface area contributed by atoms with Gasteiger partial charge in [-0.15, -0.1) is 11.3 Å². The van der Waals surface area contributed by atoms with Crippen molar-refractivity contribution in [2.45, 2.75) is 19.9 Å². The Morgan fingerprint density at radius 2 is 1.86 bits per heavy atom. The van der Waals surface area contributed by atoms with E-state index in [1.165, 1.54) is 20.9 Å². The maximum Gasteiger partial charge on any atom is 0.171 e. The fourth-order valence-corrected chi connectivity index (χ4v) is 3.58. The summed E-state index contributed by atoms with van der Waals surface area (Å²) in [6.07, 6.45) is 0. The Kier molecular flexibility index (Phi) is 5.94. The first-order chi connectivity index (χ1) is 10.5. The summed E-state index contributed by atoms with van der Waals surface area (Å²) >= 11 is 7.26. The number of thiophene rings is 1. The zero-order valence-electron chi connectivity index (χ0n) is 13.6. The largest absolute Gasteiger partial charge is 0.356 e. The molecule has 5 heteroatoms. The summed E-state index contributed by atoms with van der Waals surface area (Å²) in [5.74, 6) is 0. The summed E-state index contributed by atoms with van der Waals surface area (Å²) in [6.45, 7) is 5.01. The molecule has 1 atom stereocenters. The maximum absolute atomic E-state index is 5.46. The van der Waals surface area contributed by atoms with Gasteiger partial charge in [0.05, 0.1) is 25.5 Å². The highest BCUT2D eigenvalue weighted by Gasteiger charge is 2.19. The van der Waals surface area contributed by atoms with Crippen LogP contribution in [0.1, 0.15) is 22.0 Å². The Hall–Kier alpha value is -1.43. The van der Waals surface area contributed by atoms with Gasteiger partial charge >= 0.3 is 0 Å². The van der Waals surface area contributed by atoms with Crippen LogP contribution in [0, 0.1) is 13.8 Å². The topological polar surface area (TPSA) is 28.5 Å². The molecule has 0 saturated heterocycles. The zero-order valence-corrected chi connectivity index (χ0v) is 15.2. The van der Waals surface area contributed by atoms with Crippen molar-refractivity contribution in [2.24, 2.45) is 0 Å². The van der Waals surface area contributed by atoms with Gasteiger partial charge in [0.25, 0.3) is 0 Å². The quantitative estimate of drug-likeness (QED) is 0.734. The molecule has 2 rings (SSSR count). The van der Waals surface area contributed by atoms with Gasteiger partial charge in [-0.2, -0.15) is 0 Å². The van der Waals surface area contributed by atoms with Crippen LogP contribution in [-0.2, 0) is 0 Å². The van der Waals surface area contributed by atoms with Crippen LogP contribution in [0.15, 0.2) is 35.7 Å². The number of aryl methyl sites for hydroxylation is 2. The molecular weight excluding hydrogens is 310 g/mol. The predicted molar refractivity (Wildman–Crippen MR) is 100 cm³/mol. The van der Waals surface area contributed by atoms with E-state index in [0.29, 0.717) is 11.2 Å². The molecule has 0 aliphatic rings. The van der Waals surface area contributed by atoms with Crippen molar-refractivity contribution >= 4 is 34.4 Å². The molecule has 118 valence electrons. The Balaban J connectivity index is 1.97. The predicted octanol–water partition coefficient (Wildman–Crippen LogP) is 2.54. The van der Waals surface area contributed by atoms with Crippen LogP contribution in [0.2, 0.25) is 0 Å². The monoisotopic (exact) mass is 334 g/mol. The normalized spacial score (nSPS) is 12.2. The van der Waals surface area contributed by atoms with E-state index >= 15 is 0 Å². The summed E-state index contributed by atoms with van der Waals surface area (Å²) in [5.41, 5.74) is 3.51. The van der Waals surface area contributed by atoms with Crippen molar-refractivity contribution < 1.29 is 4.90 Å². The molecule has 0 spiro atoms. The minimum Gasteiger partial charge on any atom is -0.356 e. The van der Waals surface area contributed by atoms with Gasteiger partial charge in [0.15, 0.2) is 5.11 Å². The van der Waals surface area contributed by atoms with Crippen molar-refractivity contribution in [3.05, 3.63) is 51.7 Å². The van der Waals surface area contributed by atoms with Gasteiger partial charge in [-0.1, -0.05) is 24.3 Å². The van der Waals surface area contributed by atoms with Crippen molar-refractivity contribution in [1.29, 1.82) is 0 Å². The van der Waals surface area contributed by atoms with E-state index in [1.807, 2.05) is 0 Å². The SMILES string of the molecule is Cc1cccc(C)c1NC(=S)NC[C@H](c1cccs1)[NH+](C)C. The third-order valence-electron chi connectivity index (χ3n) is 3.77. The molecule has 0 unspecified atom stereocenters. The lowest BCUT2D eigenvalue weighted by molar-refractivity contribution is -0.890. The molecule has 0 amide bonds. The first-order valence-corrected chi connectivity index (χ1v) is 8.72. The molecule has 0 aliphatic heterocycles. The van der Waals surface area contributed by atoms with Crippen LogP contribution < -0.4 is 15.5 Å². The van der Waals surface area contributed by atoms with Gasteiger partial charge in [0, 0.05) is 5.69 Å². The third-order valence-corrected chi connectivity index (χ3v) is 5.00. The lowest BCUT2D eigenvalue weighted by atomic mass is 10.1. The number of likely N-dealkylation sites (N-methyl/N-ethyl adjacent to an activating group) is 1. The van der Waals surface area contributed by atoms with E-state index in [0.717, 1.165) is 12.2 Å². The zero-order chi connectivity index (χ0) is 16.1. The van der Waals surface area contributed by atoms with Gasteiger partial charge < -0.3 is 15.5 Å². The second-order valence-electron chi connectivity index (χ2n) is 5.75. The molecule has 1 aromatic carbocycles. The molecule has 3 nitrogen and oxygen atoms in total. The number of anilines is 1. The Morgan fingerprint density at radius 3 is 2.41 bits per heavy atom. The fraction of sp³-hybridized carbons (Fsp3) is 0.353. The van der Waals surface area contributed by atoms with Crippen LogP contribution in [0.3, 0.4) is 0 Å². The van der Waals surface area contributed by atoms with E-state index < -0.39 is 0 Å². The Labute approximate surface area is 142 Å². The van der Waals surface area contributed by atoms with Crippen molar-refractivity contribution in [2.75, 3.05) is 26.0 Å². The van der Waals surface area contributed by atoms with E-state index in [-0.39, 0.29) is 0 Å². The molecule has 3 N–H and O–H groups in total. The first-order valence-electron chi connectivity index (χ1n) is 7.43. The minimum absolute atomic E-state index is 0.401. The number of rotatable bonds is 5. The summed E-state index contributed by atoms with van der Waals surface area (Å²) < 4.78 is 0. The highest BCUT2D eigenvalue weighted by atomic mass is 32.1. The van der Waals surface area contributed by atoms with Gasteiger partial charge in [0.2, 0.25) is 0 Å². The third kappa shape index (κ3) is 4.29. The second-order valence-corrected chi connectivity index (χ2v) is 7.13. The molecule has 0 bridgehead atoms. The number of hydrogen-bond donors (Lipinski definition) is 3. The lowest BCUT2D eigenvalue weighted by Gasteiger charge is -2.22. The summed E-state index contributed by atoms with van der Waals surface area (Å²) in [4.78, 5) is 2.77. The van der Waals surface area contributed by atoms with E-state index in [4.69, 9.17) is 12.2 Å². The Morgan fingerprint density at radius 1 is 1.18 bits per heavy atom. The highest BCUT2D eigenvalue weighted by Crippen LogP contribution is 2.19. The maximum atomic E-state index is 5.46. The first kappa shape index (κ1) is 16.9. The van der Waals surface area contributed by atoms with Crippen molar-refractivity contribution in [3.63, 3.8) is 0 Å². The fourth-order valence-electron chi connectivity index (χ4n) is 2.44. The molecule has 0 radical (unpaired) electrons. The van der Waals surface area contributed by atoms with E-state index in [2.05, 4.69) is 74.3 Å². The molecular formula is C17H24N3S2+. The molecule has 0 fully saturated rings. The van der Waals surface area contributed by atoms with Crippen LogP contribution in [0.5, 0.6) is 0 Å². The van der Waals surface area contributed by atoms with Gasteiger partial charge in [-0.05, 0) is 48.6 Å². The minimum atomic E-state index is 0.401. The molecule has 2 aromatic rings. The standard InChI is InChI=1S/C17H23N3S2/c1-12-7-5-8-13(2)16(12)19-17(21)18-11-14(20(3)4)15-9-6-10-22-15/h5-10,14H,11H2,1-4H3,(H2,18,19,21)/p+1/t14-/m1/s1. The van der Waals surface area contributed by atoms with Crippen LogP contribution in [0.25, 0.3) is 0 Å². The smallest absolute Gasteiger partial charge is 0.171 e.